The van der Waals surface area contributed by atoms with E-state index in [1.54, 1.807) is 0 Å². The predicted octanol–water partition coefficient (Wildman–Crippen LogP) is -0.959. The van der Waals surface area contributed by atoms with Crippen LogP contribution in [0, 0.1) is 10.8 Å². The number of fused-ring (bicyclic) bond motifs is 1. The monoisotopic (exact) mass is 222 g/mol. The summed E-state index contributed by atoms with van der Waals surface area (Å²) in [5.41, 5.74) is 10.8. The van der Waals surface area contributed by atoms with Crippen LogP contribution in [0.25, 0.3) is 10.8 Å². The maximum Gasteiger partial charge on any atom is 0.194 e. The average Bonchev–Trinajstić information content (AvgIpc) is 2.26. The number of nitrogens with zero attached hydrogens (tertiary/aromatic N) is 2. The molecule has 0 spiro atoms. The van der Waals surface area contributed by atoms with Gasteiger partial charge in [-0.25, -0.2) is 0 Å². The second-order valence-electron chi connectivity index (χ2n) is 3.27. The number of nitrogens with one attached hydrogen (secondary N) is 2. The Hall–Kier alpha value is -2.64. The lowest BCUT2D eigenvalue weighted by atomic mass is 10.1. The predicted molar refractivity (Wildman–Crippen MR) is 54.8 cm³/mol. The first-order valence-corrected chi connectivity index (χ1v) is 4.29. The molecule has 2 aromatic rings. The second kappa shape index (κ2) is 2.92. The zero-order valence-corrected chi connectivity index (χ0v) is 8.10. The number of hydrogen-bond acceptors (Lipinski definition) is 6. The molecule has 0 aliphatic rings. The van der Waals surface area contributed by atoms with Gasteiger partial charge in [-0.1, -0.05) is 9.69 Å². The van der Waals surface area contributed by atoms with E-state index in [1.807, 2.05) is 0 Å². The third-order valence-corrected chi connectivity index (χ3v) is 2.32. The van der Waals surface area contributed by atoms with Crippen LogP contribution in [-0.2, 0) is 0 Å². The molecule has 0 fully saturated rings. The van der Waals surface area contributed by atoms with Crippen molar-refractivity contribution in [3.8, 4) is 0 Å². The zero-order valence-electron chi connectivity index (χ0n) is 8.10. The number of nitrogens with two attached hydrogens (primary N) is 2. The van der Waals surface area contributed by atoms with Crippen LogP contribution in [0.3, 0.4) is 0 Å². The Morgan fingerprint density at radius 1 is 0.875 bits per heavy atom. The molecule has 0 saturated carbocycles. The Morgan fingerprint density at radius 2 is 1.19 bits per heavy atom. The van der Waals surface area contributed by atoms with Crippen LogP contribution >= 0.6 is 0 Å². The molecule has 8 heteroatoms. The van der Waals surface area contributed by atoms with Gasteiger partial charge >= 0.3 is 0 Å². The molecule has 0 aliphatic carbocycles. The summed E-state index contributed by atoms with van der Waals surface area (Å²) < 4.78 is 0. The number of rotatable bonds is 0. The molecule has 2 rings (SSSR count). The highest BCUT2D eigenvalue weighted by Gasteiger charge is 2.12. The Labute approximate surface area is 88.5 Å². The summed E-state index contributed by atoms with van der Waals surface area (Å²) in [5, 5.41) is 34.1. The van der Waals surface area contributed by atoms with E-state index < -0.39 is 11.0 Å². The summed E-state index contributed by atoms with van der Waals surface area (Å²) in [4.78, 5) is 0.223. The van der Waals surface area contributed by atoms with Crippen LogP contribution in [0.2, 0.25) is 0 Å². The van der Waals surface area contributed by atoms with Crippen molar-refractivity contribution in [3.05, 3.63) is 23.1 Å². The molecule has 0 aliphatic heterocycles. The van der Waals surface area contributed by atoms with Gasteiger partial charge in [0.2, 0.25) is 0 Å². The molecule has 0 saturated heterocycles. The summed E-state index contributed by atoms with van der Waals surface area (Å²) >= 11 is 0. The zero-order chi connectivity index (χ0) is 12.0. The van der Waals surface area contributed by atoms with E-state index in [9.17, 15) is 10.4 Å². The van der Waals surface area contributed by atoms with Crippen molar-refractivity contribution in [2.45, 2.75) is 0 Å². The second-order valence-corrected chi connectivity index (χ2v) is 3.27. The van der Waals surface area contributed by atoms with E-state index in [0.29, 0.717) is 0 Å². The number of anilines is 2. The van der Waals surface area contributed by atoms with Gasteiger partial charge in [-0.2, -0.15) is 0 Å². The van der Waals surface area contributed by atoms with Crippen molar-refractivity contribution < 1.29 is 10.4 Å². The third-order valence-electron chi connectivity index (χ3n) is 2.32. The van der Waals surface area contributed by atoms with Crippen LogP contribution in [0.1, 0.15) is 0 Å². The van der Waals surface area contributed by atoms with Crippen molar-refractivity contribution in [1.82, 2.24) is 9.69 Å². The summed E-state index contributed by atoms with van der Waals surface area (Å²) in [6, 6.07) is 2.94. The molecule has 1 aromatic carbocycles. The van der Waals surface area contributed by atoms with Crippen LogP contribution in [0.4, 0.5) is 11.4 Å². The van der Waals surface area contributed by atoms with E-state index in [4.69, 9.17) is 22.3 Å². The van der Waals surface area contributed by atoms with Crippen LogP contribution in [-0.4, -0.2) is 20.1 Å². The normalized spacial score (nSPS) is 10.8. The standard InChI is InChI=1S/C8H10N6O2/c9-3-1-2-4(10)6-5(3)7(11)13(15)14(16)8(6)12/h1-2,11-12,15-16H,9-10H2. The molecule has 1 aromatic heterocycles. The molecule has 8 N–H and O–H groups in total. The van der Waals surface area contributed by atoms with Crippen LogP contribution in [0.15, 0.2) is 12.1 Å². The number of benzene rings is 1. The van der Waals surface area contributed by atoms with Gasteiger partial charge in [0, 0.05) is 11.4 Å². The van der Waals surface area contributed by atoms with Gasteiger partial charge in [0.25, 0.3) is 0 Å². The highest BCUT2D eigenvalue weighted by Crippen LogP contribution is 2.19. The summed E-state index contributed by atoms with van der Waals surface area (Å²) in [5.74, 6) is 0. The van der Waals surface area contributed by atoms with Gasteiger partial charge in [-0.05, 0) is 12.1 Å². The molecule has 0 radical (unpaired) electrons. The fraction of sp³-hybridized carbons (Fsp3) is 0. The topological polar surface area (TPSA) is 150 Å². The molecule has 84 valence electrons. The maximum absolute atomic E-state index is 9.33. The van der Waals surface area contributed by atoms with Crippen LogP contribution in [0.5, 0.6) is 0 Å². The number of aromatic nitrogens is 2. The Balaban J connectivity index is 3.28. The fourth-order valence-corrected chi connectivity index (χ4v) is 1.53. The van der Waals surface area contributed by atoms with Crippen LogP contribution < -0.4 is 22.4 Å². The highest BCUT2D eigenvalue weighted by atomic mass is 16.6. The van der Waals surface area contributed by atoms with Crippen molar-refractivity contribution in [3.63, 3.8) is 0 Å². The summed E-state index contributed by atoms with van der Waals surface area (Å²) in [6.45, 7) is 0. The van der Waals surface area contributed by atoms with Crippen molar-refractivity contribution in [1.29, 1.82) is 10.8 Å². The number of nitrogen functional groups attached to an aromatic ring is 2. The molecule has 0 unspecified atom stereocenters. The summed E-state index contributed by atoms with van der Waals surface area (Å²) in [6.07, 6.45) is 0. The largest absolute Gasteiger partial charge is 0.409 e. The molecule has 0 amide bonds. The maximum atomic E-state index is 9.33. The van der Waals surface area contributed by atoms with Crippen molar-refractivity contribution >= 4 is 22.1 Å². The molecular weight excluding hydrogens is 212 g/mol. The third kappa shape index (κ3) is 1.03. The molecular formula is C8H10N6O2. The first-order valence-electron chi connectivity index (χ1n) is 4.29. The van der Waals surface area contributed by atoms with E-state index in [-0.39, 0.29) is 31.8 Å². The van der Waals surface area contributed by atoms with E-state index in [2.05, 4.69) is 0 Å². The minimum absolute atomic E-state index is 0.112. The fourth-order valence-electron chi connectivity index (χ4n) is 1.53. The van der Waals surface area contributed by atoms with Crippen molar-refractivity contribution in [2.24, 2.45) is 0 Å². The first kappa shape index (κ1) is 9.90. The van der Waals surface area contributed by atoms with Gasteiger partial charge in [0.1, 0.15) is 0 Å². The lowest BCUT2D eigenvalue weighted by molar-refractivity contribution is -0.0309. The highest BCUT2D eigenvalue weighted by molar-refractivity contribution is 5.98. The molecule has 1 heterocycles. The quantitative estimate of drug-likeness (QED) is 0.251. The minimum atomic E-state index is -0.446. The van der Waals surface area contributed by atoms with E-state index in [1.165, 1.54) is 12.1 Å². The van der Waals surface area contributed by atoms with Gasteiger partial charge in [0.15, 0.2) is 11.0 Å². The van der Waals surface area contributed by atoms with Gasteiger partial charge < -0.3 is 21.9 Å². The average molecular weight is 222 g/mol. The molecule has 16 heavy (non-hydrogen) atoms. The van der Waals surface area contributed by atoms with Gasteiger partial charge in [0.05, 0.1) is 10.8 Å². The van der Waals surface area contributed by atoms with Gasteiger partial charge in [-0.3, -0.25) is 10.8 Å². The molecule has 0 bridgehead atoms. The lowest BCUT2D eigenvalue weighted by Crippen LogP contribution is -2.37. The van der Waals surface area contributed by atoms with E-state index >= 15 is 0 Å². The minimum Gasteiger partial charge on any atom is -0.409 e. The number of hydrogen-bond donors (Lipinski definition) is 6. The SMILES string of the molecule is N=c1c2c(N)ccc(N)c2c(=N)n(O)n1O. The van der Waals surface area contributed by atoms with Gasteiger partial charge in [-0.15, -0.1) is 0 Å². The smallest absolute Gasteiger partial charge is 0.194 e. The molecule has 0 atom stereocenters. The lowest BCUT2D eigenvalue weighted by Gasteiger charge is -2.10. The summed E-state index contributed by atoms with van der Waals surface area (Å²) in [7, 11) is 0. The Bertz CT molecular complexity index is 638. The first-order chi connectivity index (χ1) is 7.45. The van der Waals surface area contributed by atoms with Crippen molar-refractivity contribution in [2.75, 3.05) is 11.5 Å². The van der Waals surface area contributed by atoms with E-state index in [0.717, 1.165) is 0 Å². The Kier molecular flexibility index (Phi) is 1.81. The molecule has 8 nitrogen and oxygen atoms in total. The Morgan fingerprint density at radius 3 is 1.50 bits per heavy atom.